The molecule has 0 unspecified atom stereocenters. The minimum Gasteiger partial charge on any atom is -0.496 e. The van der Waals surface area contributed by atoms with Gasteiger partial charge in [-0.1, -0.05) is 23.7 Å². The van der Waals surface area contributed by atoms with E-state index in [1.54, 1.807) is 19.2 Å². The first-order valence-electron chi connectivity index (χ1n) is 5.51. The number of halogens is 3. The first-order valence-corrected chi connectivity index (χ1v) is 6.68. The SMILES string of the molecule is COc1ccc(COc2cccc(Cl)c2F)cc1Br. The summed E-state index contributed by atoms with van der Waals surface area (Å²) in [5, 5.41) is 0.0495. The Morgan fingerprint density at radius 2 is 2.00 bits per heavy atom. The number of rotatable bonds is 4. The van der Waals surface area contributed by atoms with E-state index in [-0.39, 0.29) is 17.4 Å². The zero-order valence-corrected chi connectivity index (χ0v) is 12.5. The first-order chi connectivity index (χ1) is 9.11. The molecular weight excluding hydrogens is 335 g/mol. The molecule has 0 atom stereocenters. The van der Waals surface area contributed by atoms with Crippen LogP contribution < -0.4 is 9.47 Å². The van der Waals surface area contributed by atoms with E-state index >= 15 is 0 Å². The third-order valence-electron chi connectivity index (χ3n) is 2.53. The van der Waals surface area contributed by atoms with E-state index < -0.39 is 5.82 Å². The predicted octanol–water partition coefficient (Wildman–Crippen LogP) is 4.83. The molecule has 2 aromatic carbocycles. The smallest absolute Gasteiger partial charge is 0.183 e. The van der Waals surface area contributed by atoms with Gasteiger partial charge in [0.15, 0.2) is 11.6 Å². The van der Waals surface area contributed by atoms with Gasteiger partial charge in [-0.05, 0) is 45.8 Å². The molecule has 0 saturated heterocycles. The first kappa shape index (κ1) is 14.2. The number of hydrogen-bond donors (Lipinski definition) is 0. The highest BCUT2D eigenvalue weighted by molar-refractivity contribution is 9.10. The van der Waals surface area contributed by atoms with Gasteiger partial charge in [0.2, 0.25) is 0 Å². The summed E-state index contributed by atoms with van der Waals surface area (Å²) in [7, 11) is 1.59. The Hall–Kier alpha value is -1.26. The van der Waals surface area contributed by atoms with Crippen LogP contribution in [0.15, 0.2) is 40.9 Å². The zero-order valence-electron chi connectivity index (χ0n) is 10.1. The van der Waals surface area contributed by atoms with Crippen LogP contribution in [0.1, 0.15) is 5.56 Å². The van der Waals surface area contributed by atoms with Gasteiger partial charge in [-0.2, -0.15) is 0 Å². The molecule has 0 spiro atoms. The van der Waals surface area contributed by atoms with Crippen molar-refractivity contribution in [1.82, 2.24) is 0 Å². The lowest BCUT2D eigenvalue weighted by molar-refractivity contribution is 0.290. The second kappa shape index (κ2) is 6.26. The van der Waals surface area contributed by atoms with E-state index in [2.05, 4.69) is 15.9 Å². The van der Waals surface area contributed by atoms with Crippen molar-refractivity contribution in [2.45, 2.75) is 6.61 Å². The quantitative estimate of drug-likeness (QED) is 0.790. The molecule has 19 heavy (non-hydrogen) atoms. The molecule has 2 nitrogen and oxygen atoms in total. The van der Waals surface area contributed by atoms with Crippen LogP contribution in [0.25, 0.3) is 0 Å². The minimum atomic E-state index is -0.545. The van der Waals surface area contributed by atoms with Crippen LogP contribution in [-0.2, 0) is 6.61 Å². The maximum atomic E-state index is 13.6. The maximum absolute atomic E-state index is 13.6. The summed E-state index contributed by atoms with van der Waals surface area (Å²) >= 11 is 9.07. The van der Waals surface area contributed by atoms with Gasteiger partial charge in [-0.25, -0.2) is 4.39 Å². The molecule has 0 aliphatic rings. The fraction of sp³-hybridized carbons (Fsp3) is 0.143. The van der Waals surface area contributed by atoms with Crippen LogP contribution in [0.3, 0.4) is 0 Å². The molecule has 0 aliphatic carbocycles. The van der Waals surface area contributed by atoms with Crippen molar-refractivity contribution in [1.29, 1.82) is 0 Å². The van der Waals surface area contributed by atoms with Gasteiger partial charge >= 0.3 is 0 Å². The van der Waals surface area contributed by atoms with Crippen molar-refractivity contribution in [3.63, 3.8) is 0 Å². The zero-order chi connectivity index (χ0) is 13.8. The van der Waals surface area contributed by atoms with E-state index in [0.29, 0.717) is 0 Å². The van der Waals surface area contributed by atoms with Gasteiger partial charge in [0.25, 0.3) is 0 Å². The van der Waals surface area contributed by atoms with Gasteiger partial charge < -0.3 is 9.47 Å². The topological polar surface area (TPSA) is 18.5 Å². The number of benzene rings is 2. The van der Waals surface area contributed by atoms with Crippen molar-refractivity contribution in [3.05, 3.63) is 57.3 Å². The Labute approximate surface area is 124 Å². The second-order valence-corrected chi connectivity index (χ2v) is 5.07. The van der Waals surface area contributed by atoms with Crippen molar-refractivity contribution >= 4 is 27.5 Å². The number of ether oxygens (including phenoxy) is 2. The van der Waals surface area contributed by atoms with Crippen LogP contribution in [0.4, 0.5) is 4.39 Å². The van der Waals surface area contributed by atoms with E-state index in [9.17, 15) is 4.39 Å². The average Bonchev–Trinajstić information content (AvgIpc) is 2.40. The van der Waals surface area contributed by atoms with E-state index in [4.69, 9.17) is 21.1 Å². The minimum absolute atomic E-state index is 0.0495. The van der Waals surface area contributed by atoms with Crippen LogP contribution in [0, 0.1) is 5.82 Å². The summed E-state index contributed by atoms with van der Waals surface area (Å²) in [6.07, 6.45) is 0. The molecule has 0 bridgehead atoms. The molecular formula is C14H11BrClFO2. The Morgan fingerprint density at radius 1 is 1.21 bits per heavy atom. The molecule has 0 radical (unpaired) electrons. The Balaban J connectivity index is 2.10. The largest absolute Gasteiger partial charge is 0.496 e. The maximum Gasteiger partial charge on any atom is 0.183 e. The Morgan fingerprint density at radius 3 is 2.68 bits per heavy atom. The highest BCUT2D eigenvalue weighted by Crippen LogP contribution is 2.27. The van der Waals surface area contributed by atoms with E-state index in [1.807, 2.05) is 18.2 Å². The van der Waals surface area contributed by atoms with E-state index in [0.717, 1.165) is 15.8 Å². The van der Waals surface area contributed by atoms with E-state index in [1.165, 1.54) is 6.07 Å². The molecule has 2 rings (SSSR count). The summed E-state index contributed by atoms with van der Waals surface area (Å²) in [4.78, 5) is 0. The normalized spacial score (nSPS) is 10.3. The van der Waals surface area contributed by atoms with Crippen molar-refractivity contribution in [2.75, 3.05) is 7.11 Å². The van der Waals surface area contributed by atoms with Gasteiger partial charge in [-0.3, -0.25) is 0 Å². The standard InChI is InChI=1S/C14H11BrClFO2/c1-18-12-6-5-9(7-10(12)15)8-19-13-4-2-3-11(16)14(13)17/h2-7H,8H2,1H3. The molecule has 0 fully saturated rings. The monoisotopic (exact) mass is 344 g/mol. The lowest BCUT2D eigenvalue weighted by Crippen LogP contribution is -1.98. The summed E-state index contributed by atoms with van der Waals surface area (Å²) < 4.78 is 25.0. The molecule has 0 heterocycles. The average molecular weight is 346 g/mol. The van der Waals surface area contributed by atoms with Crippen molar-refractivity contribution in [3.8, 4) is 11.5 Å². The van der Waals surface area contributed by atoms with Crippen LogP contribution >= 0.6 is 27.5 Å². The molecule has 2 aromatic rings. The molecule has 0 aromatic heterocycles. The van der Waals surface area contributed by atoms with Crippen LogP contribution in [-0.4, -0.2) is 7.11 Å². The van der Waals surface area contributed by atoms with Gasteiger partial charge in [-0.15, -0.1) is 0 Å². The lowest BCUT2D eigenvalue weighted by Gasteiger charge is -2.09. The molecule has 0 amide bonds. The summed E-state index contributed by atoms with van der Waals surface area (Å²) in [5.41, 5.74) is 0.895. The highest BCUT2D eigenvalue weighted by atomic mass is 79.9. The number of methoxy groups -OCH3 is 1. The Bertz CT molecular complexity index is 590. The summed E-state index contributed by atoms with van der Waals surface area (Å²) in [6, 6.07) is 10.2. The number of hydrogen-bond acceptors (Lipinski definition) is 2. The molecule has 100 valence electrons. The van der Waals surface area contributed by atoms with Crippen LogP contribution in [0.5, 0.6) is 11.5 Å². The molecule has 0 saturated carbocycles. The molecule has 0 N–H and O–H groups in total. The highest BCUT2D eigenvalue weighted by Gasteiger charge is 2.08. The molecule has 5 heteroatoms. The fourth-order valence-corrected chi connectivity index (χ4v) is 2.31. The van der Waals surface area contributed by atoms with Crippen LogP contribution in [0.2, 0.25) is 5.02 Å². The Kier molecular flexibility index (Phi) is 4.66. The molecule has 0 aliphatic heterocycles. The van der Waals surface area contributed by atoms with Gasteiger partial charge in [0, 0.05) is 0 Å². The predicted molar refractivity (Wildman–Crippen MR) is 76.4 cm³/mol. The lowest BCUT2D eigenvalue weighted by atomic mass is 10.2. The van der Waals surface area contributed by atoms with Crippen molar-refractivity contribution in [2.24, 2.45) is 0 Å². The third-order valence-corrected chi connectivity index (χ3v) is 3.44. The summed E-state index contributed by atoms with van der Waals surface area (Å²) in [5.74, 6) is 0.328. The van der Waals surface area contributed by atoms with Gasteiger partial charge in [0.1, 0.15) is 12.4 Å². The van der Waals surface area contributed by atoms with Gasteiger partial charge in [0.05, 0.1) is 16.6 Å². The summed E-state index contributed by atoms with van der Waals surface area (Å²) in [6.45, 7) is 0.250. The van der Waals surface area contributed by atoms with Crippen molar-refractivity contribution < 1.29 is 13.9 Å². The third kappa shape index (κ3) is 3.39. The second-order valence-electron chi connectivity index (χ2n) is 3.81. The fourth-order valence-electron chi connectivity index (χ4n) is 1.56.